The van der Waals surface area contributed by atoms with Crippen LogP contribution in [0.4, 0.5) is 0 Å². The number of hydrogen-bond donors (Lipinski definition) is 0. The predicted molar refractivity (Wildman–Crippen MR) is 75.8 cm³/mol. The van der Waals surface area contributed by atoms with Crippen LogP contribution >= 0.6 is 0 Å². The number of hydrogen-bond acceptors (Lipinski definition) is 0. The molecule has 0 aliphatic heterocycles. The van der Waals surface area contributed by atoms with Crippen LogP contribution in [0.15, 0.2) is 0 Å². The van der Waals surface area contributed by atoms with Gasteiger partial charge >= 0.3 is 0 Å². The van der Waals surface area contributed by atoms with Gasteiger partial charge in [-0.25, -0.2) is 0 Å². The van der Waals surface area contributed by atoms with E-state index in [4.69, 9.17) is 0 Å². The van der Waals surface area contributed by atoms with Crippen molar-refractivity contribution in [1.82, 2.24) is 0 Å². The van der Waals surface area contributed by atoms with E-state index in [0.29, 0.717) is 10.8 Å². The van der Waals surface area contributed by atoms with Crippen molar-refractivity contribution in [2.45, 2.75) is 92.9 Å². The third kappa shape index (κ3) is 8.19. The Morgan fingerprint density at radius 2 is 1.12 bits per heavy atom. The zero-order chi connectivity index (χ0) is 12.7. The van der Waals surface area contributed by atoms with Gasteiger partial charge in [0.05, 0.1) is 0 Å². The molecule has 0 N–H and O–H groups in total. The first kappa shape index (κ1) is 16.0. The van der Waals surface area contributed by atoms with Gasteiger partial charge in [-0.1, -0.05) is 73.6 Å². The molecule has 0 aliphatic rings. The fourth-order valence-corrected chi connectivity index (χ4v) is 2.36. The Bertz CT molecular complexity index is 165. The molecular formula is C16H34. The molecule has 0 spiro atoms. The van der Waals surface area contributed by atoms with Crippen LogP contribution in [0.2, 0.25) is 0 Å². The summed E-state index contributed by atoms with van der Waals surface area (Å²) in [7, 11) is 0. The van der Waals surface area contributed by atoms with Crippen LogP contribution in [-0.2, 0) is 0 Å². The number of unbranched alkanes of at least 4 members (excludes halogenated alkanes) is 2. The van der Waals surface area contributed by atoms with E-state index in [0.717, 1.165) is 0 Å². The van der Waals surface area contributed by atoms with Gasteiger partial charge in [-0.2, -0.15) is 0 Å². The first-order chi connectivity index (χ1) is 7.33. The van der Waals surface area contributed by atoms with E-state index in [9.17, 15) is 0 Å². The first-order valence-electron chi connectivity index (χ1n) is 7.33. The average Bonchev–Trinajstić information content (AvgIpc) is 2.17. The highest BCUT2D eigenvalue weighted by atomic mass is 14.2. The molecule has 0 heterocycles. The van der Waals surface area contributed by atoms with Crippen molar-refractivity contribution >= 4 is 0 Å². The maximum absolute atomic E-state index is 2.42. The smallest absolute Gasteiger partial charge is 0.0354 e. The summed E-state index contributed by atoms with van der Waals surface area (Å²) in [6.45, 7) is 14.2. The van der Waals surface area contributed by atoms with Crippen LogP contribution in [0.1, 0.15) is 92.9 Å². The molecule has 0 bridgehead atoms. The molecule has 0 rings (SSSR count). The minimum Gasteiger partial charge on any atom is -0.0654 e. The highest BCUT2D eigenvalue weighted by molar-refractivity contribution is 4.69. The van der Waals surface area contributed by atoms with Gasteiger partial charge in [0.15, 0.2) is 0 Å². The predicted octanol–water partition coefficient (Wildman–Crippen LogP) is 6.20. The van der Waals surface area contributed by atoms with Gasteiger partial charge in [-0.05, 0) is 30.1 Å². The fourth-order valence-electron chi connectivity index (χ4n) is 2.36. The summed E-state index contributed by atoms with van der Waals surface area (Å²) in [4.78, 5) is 0. The summed E-state index contributed by atoms with van der Waals surface area (Å²) in [5.74, 6) is 0. The van der Waals surface area contributed by atoms with Gasteiger partial charge in [0.25, 0.3) is 0 Å². The molecule has 0 radical (unpaired) electrons. The Labute approximate surface area is 104 Å². The van der Waals surface area contributed by atoms with E-state index in [1.54, 1.807) is 0 Å². The second-order valence-electron chi connectivity index (χ2n) is 6.99. The lowest BCUT2D eigenvalue weighted by Gasteiger charge is -2.25. The molecule has 0 atom stereocenters. The van der Waals surface area contributed by atoms with Crippen molar-refractivity contribution < 1.29 is 0 Å². The number of rotatable bonds is 9. The zero-order valence-electron chi connectivity index (χ0n) is 12.7. The standard InChI is InChI=1S/C16H34/c1-7-12-16(5,6)14-11-9-10-13-15(3,4)8-2/h7-14H2,1-6H3. The molecule has 0 fully saturated rings. The highest BCUT2D eigenvalue weighted by Crippen LogP contribution is 2.31. The Morgan fingerprint density at radius 1 is 0.625 bits per heavy atom. The molecule has 0 unspecified atom stereocenters. The first-order valence-corrected chi connectivity index (χ1v) is 7.33. The molecule has 0 saturated carbocycles. The summed E-state index contributed by atoms with van der Waals surface area (Å²) >= 11 is 0. The molecule has 0 aromatic heterocycles. The molecule has 0 saturated heterocycles. The lowest BCUT2D eigenvalue weighted by Crippen LogP contribution is -2.11. The van der Waals surface area contributed by atoms with Crippen LogP contribution < -0.4 is 0 Å². The Morgan fingerprint density at radius 3 is 1.56 bits per heavy atom. The summed E-state index contributed by atoms with van der Waals surface area (Å²) in [5.41, 5.74) is 1.15. The zero-order valence-corrected chi connectivity index (χ0v) is 12.7. The summed E-state index contributed by atoms with van der Waals surface area (Å²) < 4.78 is 0. The van der Waals surface area contributed by atoms with E-state index in [1.165, 1.54) is 51.4 Å². The quantitative estimate of drug-likeness (QED) is 0.411. The molecule has 16 heavy (non-hydrogen) atoms. The van der Waals surface area contributed by atoms with Crippen molar-refractivity contribution in [2.75, 3.05) is 0 Å². The van der Waals surface area contributed by atoms with E-state index < -0.39 is 0 Å². The van der Waals surface area contributed by atoms with Crippen molar-refractivity contribution in [3.05, 3.63) is 0 Å². The monoisotopic (exact) mass is 226 g/mol. The minimum absolute atomic E-state index is 0.568. The van der Waals surface area contributed by atoms with Crippen molar-refractivity contribution in [1.29, 1.82) is 0 Å². The normalized spacial score (nSPS) is 13.1. The van der Waals surface area contributed by atoms with Crippen molar-refractivity contribution in [3.8, 4) is 0 Å². The molecule has 0 nitrogen and oxygen atoms in total. The lowest BCUT2D eigenvalue weighted by molar-refractivity contribution is 0.276. The second-order valence-corrected chi connectivity index (χ2v) is 6.99. The molecule has 0 aromatic rings. The molecule has 98 valence electrons. The van der Waals surface area contributed by atoms with Gasteiger partial charge in [0.2, 0.25) is 0 Å². The Balaban J connectivity index is 3.54. The van der Waals surface area contributed by atoms with Crippen molar-refractivity contribution in [3.63, 3.8) is 0 Å². The molecule has 0 heteroatoms. The van der Waals surface area contributed by atoms with Gasteiger partial charge in [-0.3, -0.25) is 0 Å². The van der Waals surface area contributed by atoms with E-state index in [1.807, 2.05) is 0 Å². The topological polar surface area (TPSA) is 0 Å². The van der Waals surface area contributed by atoms with Gasteiger partial charge in [-0.15, -0.1) is 0 Å². The van der Waals surface area contributed by atoms with Crippen LogP contribution in [-0.4, -0.2) is 0 Å². The summed E-state index contributed by atoms with van der Waals surface area (Å²) in [6.07, 6.45) is 11.1. The minimum atomic E-state index is 0.568. The third-order valence-electron chi connectivity index (χ3n) is 4.09. The maximum Gasteiger partial charge on any atom is -0.0354 e. The van der Waals surface area contributed by atoms with Crippen molar-refractivity contribution in [2.24, 2.45) is 10.8 Å². The maximum atomic E-state index is 2.42. The van der Waals surface area contributed by atoms with Crippen LogP contribution in [0, 0.1) is 10.8 Å². The third-order valence-corrected chi connectivity index (χ3v) is 4.09. The molecular weight excluding hydrogens is 192 g/mol. The van der Waals surface area contributed by atoms with Crippen LogP contribution in [0.5, 0.6) is 0 Å². The van der Waals surface area contributed by atoms with E-state index >= 15 is 0 Å². The van der Waals surface area contributed by atoms with Crippen LogP contribution in [0.3, 0.4) is 0 Å². The molecule has 0 amide bonds. The lowest BCUT2D eigenvalue weighted by atomic mass is 9.81. The fraction of sp³-hybridized carbons (Fsp3) is 1.00. The summed E-state index contributed by atoms with van der Waals surface area (Å²) in [5, 5.41) is 0. The molecule has 0 aliphatic carbocycles. The van der Waals surface area contributed by atoms with Gasteiger partial charge in [0, 0.05) is 0 Å². The largest absolute Gasteiger partial charge is 0.0654 e. The van der Waals surface area contributed by atoms with Gasteiger partial charge in [0.1, 0.15) is 0 Å². The SMILES string of the molecule is CCCC(C)(C)CCCCCC(C)(C)CC. The molecule has 0 aromatic carbocycles. The van der Waals surface area contributed by atoms with E-state index in [2.05, 4.69) is 41.5 Å². The Kier molecular flexibility index (Phi) is 7.35. The van der Waals surface area contributed by atoms with E-state index in [-0.39, 0.29) is 0 Å². The average molecular weight is 226 g/mol. The van der Waals surface area contributed by atoms with Gasteiger partial charge < -0.3 is 0 Å². The van der Waals surface area contributed by atoms with Crippen LogP contribution in [0.25, 0.3) is 0 Å². The summed E-state index contributed by atoms with van der Waals surface area (Å²) in [6, 6.07) is 0. The Hall–Kier alpha value is 0. The second kappa shape index (κ2) is 7.35. The highest BCUT2D eigenvalue weighted by Gasteiger charge is 2.17.